The molecule has 30 heavy (non-hydrogen) atoms. The molecule has 1 saturated heterocycles. The van der Waals surface area contributed by atoms with E-state index in [4.69, 9.17) is 9.47 Å². The van der Waals surface area contributed by atoms with E-state index < -0.39 is 35.4 Å². The SMILES string of the molecule is CN=C(NCc1ccc(C)cc1OC1CCOC1)NCc1c(F)c(F)cc(F)c1F. The van der Waals surface area contributed by atoms with Gasteiger partial charge in [0.2, 0.25) is 0 Å². The Kier molecular flexibility index (Phi) is 7.15. The second-order valence-electron chi connectivity index (χ2n) is 6.94. The molecule has 5 nitrogen and oxygen atoms in total. The molecule has 1 atom stereocenters. The van der Waals surface area contributed by atoms with Gasteiger partial charge in [-0.2, -0.15) is 0 Å². The van der Waals surface area contributed by atoms with Crippen molar-refractivity contribution in [2.24, 2.45) is 4.99 Å². The average Bonchev–Trinajstić information content (AvgIpc) is 3.23. The van der Waals surface area contributed by atoms with E-state index in [0.29, 0.717) is 25.5 Å². The van der Waals surface area contributed by atoms with Gasteiger partial charge >= 0.3 is 0 Å². The van der Waals surface area contributed by atoms with Gasteiger partial charge in [0.15, 0.2) is 29.2 Å². The number of halogens is 4. The van der Waals surface area contributed by atoms with Crippen LogP contribution < -0.4 is 15.4 Å². The highest BCUT2D eigenvalue weighted by atomic mass is 19.2. The third-order valence-electron chi connectivity index (χ3n) is 4.71. The first-order valence-electron chi connectivity index (χ1n) is 9.49. The van der Waals surface area contributed by atoms with E-state index in [-0.39, 0.29) is 18.1 Å². The Morgan fingerprint density at radius 1 is 1.10 bits per heavy atom. The average molecular weight is 425 g/mol. The van der Waals surface area contributed by atoms with Crippen molar-refractivity contribution in [3.63, 3.8) is 0 Å². The second-order valence-corrected chi connectivity index (χ2v) is 6.94. The van der Waals surface area contributed by atoms with E-state index in [9.17, 15) is 17.6 Å². The number of nitrogens with zero attached hydrogens (tertiary/aromatic N) is 1. The van der Waals surface area contributed by atoms with E-state index in [0.717, 1.165) is 17.5 Å². The van der Waals surface area contributed by atoms with Gasteiger partial charge in [0.25, 0.3) is 0 Å². The van der Waals surface area contributed by atoms with Crippen molar-refractivity contribution >= 4 is 5.96 Å². The monoisotopic (exact) mass is 425 g/mol. The maximum Gasteiger partial charge on any atom is 0.191 e. The van der Waals surface area contributed by atoms with Crippen LogP contribution in [0, 0.1) is 30.2 Å². The molecule has 2 aromatic rings. The molecule has 162 valence electrons. The summed E-state index contributed by atoms with van der Waals surface area (Å²) in [5.41, 5.74) is 1.15. The van der Waals surface area contributed by atoms with Crippen molar-refractivity contribution in [3.05, 3.63) is 64.2 Å². The van der Waals surface area contributed by atoms with Crippen molar-refractivity contribution in [1.82, 2.24) is 10.6 Å². The number of hydrogen-bond donors (Lipinski definition) is 2. The molecule has 9 heteroatoms. The standard InChI is InChI=1S/C21H23F4N3O2/c1-12-3-4-13(18(7-12)30-14-5-6-29-11-14)9-27-21(26-2)28-10-15-19(24)16(22)8-17(23)20(15)25/h3-4,7-8,14H,5-6,9-11H2,1-2H3,(H2,26,27,28). The Morgan fingerprint density at radius 2 is 1.80 bits per heavy atom. The van der Waals surface area contributed by atoms with Crippen molar-refractivity contribution in [2.75, 3.05) is 20.3 Å². The molecule has 0 radical (unpaired) electrons. The lowest BCUT2D eigenvalue weighted by Crippen LogP contribution is -2.37. The lowest BCUT2D eigenvalue weighted by atomic mass is 10.1. The maximum atomic E-state index is 13.8. The molecule has 1 aliphatic rings. The third-order valence-corrected chi connectivity index (χ3v) is 4.71. The molecular formula is C21H23F4N3O2. The largest absolute Gasteiger partial charge is 0.488 e. The predicted molar refractivity (Wildman–Crippen MR) is 104 cm³/mol. The minimum absolute atomic E-state index is 0.0168. The van der Waals surface area contributed by atoms with Crippen molar-refractivity contribution in [1.29, 1.82) is 0 Å². The maximum absolute atomic E-state index is 13.8. The number of nitrogens with one attached hydrogen (secondary N) is 2. The molecule has 1 fully saturated rings. The number of hydrogen-bond acceptors (Lipinski definition) is 3. The Balaban J connectivity index is 1.65. The number of benzene rings is 2. The van der Waals surface area contributed by atoms with Crippen LogP contribution in [0.2, 0.25) is 0 Å². The van der Waals surface area contributed by atoms with Gasteiger partial charge in [0, 0.05) is 43.8 Å². The van der Waals surface area contributed by atoms with Crippen LogP contribution in [-0.2, 0) is 17.8 Å². The normalized spacial score (nSPS) is 16.6. The van der Waals surface area contributed by atoms with Crippen LogP contribution in [0.4, 0.5) is 17.6 Å². The molecule has 3 rings (SSSR count). The summed E-state index contributed by atoms with van der Waals surface area (Å²) in [6, 6.07) is 5.94. The molecule has 0 spiro atoms. The van der Waals surface area contributed by atoms with Gasteiger partial charge in [-0.1, -0.05) is 12.1 Å². The van der Waals surface area contributed by atoms with Crippen LogP contribution in [0.15, 0.2) is 29.3 Å². The molecule has 0 bridgehead atoms. The summed E-state index contributed by atoms with van der Waals surface area (Å²) in [6.07, 6.45) is 0.794. The summed E-state index contributed by atoms with van der Waals surface area (Å²) < 4.78 is 65.7. The Bertz CT molecular complexity index is 905. The van der Waals surface area contributed by atoms with E-state index in [1.54, 1.807) is 0 Å². The summed E-state index contributed by atoms with van der Waals surface area (Å²) in [5.74, 6) is -4.88. The predicted octanol–water partition coefficient (Wildman–Crippen LogP) is 3.58. The third kappa shape index (κ3) is 5.21. The van der Waals surface area contributed by atoms with Crippen LogP contribution in [0.5, 0.6) is 5.75 Å². The van der Waals surface area contributed by atoms with Crippen molar-refractivity contribution < 1.29 is 27.0 Å². The number of rotatable bonds is 6. The van der Waals surface area contributed by atoms with E-state index >= 15 is 0 Å². The number of ether oxygens (including phenoxy) is 2. The fourth-order valence-corrected chi connectivity index (χ4v) is 3.05. The van der Waals surface area contributed by atoms with Gasteiger partial charge in [-0.25, -0.2) is 17.6 Å². The highest BCUT2D eigenvalue weighted by Crippen LogP contribution is 2.24. The minimum Gasteiger partial charge on any atom is -0.488 e. The first kappa shape index (κ1) is 21.9. The Morgan fingerprint density at radius 3 is 2.43 bits per heavy atom. The van der Waals surface area contributed by atoms with Gasteiger partial charge in [0.05, 0.1) is 13.2 Å². The highest BCUT2D eigenvalue weighted by molar-refractivity contribution is 5.79. The zero-order valence-corrected chi connectivity index (χ0v) is 16.7. The fourth-order valence-electron chi connectivity index (χ4n) is 3.05. The second kappa shape index (κ2) is 9.80. The van der Waals surface area contributed by atoms with Crippen LogP contribution in [0.1, 0.15) is 23.1 Å². The van der Waals surface area contributed by atoms with Gasteiger partial charge in [-0.15, -0.1) is 0 Å². The van der Waals surface area contributed by atoms with E-state index in [2.05, 4.69) is 15.6 Å². The molecule has 0 aromatic heterocycles. The van der Waals surface area contributed by atoms with Gasteiger partial charge in [-0.05, 0) is 18.6 Å². The first-order chi connectivity index (χ1) is 14.4. The molecule has 0 aliphatic carbocycles. The van der Waals surface area contributed by atoms with Crippen LogP contribution >= 0.6 is 0 Å². The molecule has 1 heterocycles. The molecule has 0 amide bonds. The Labute approximate surface area is 172 Å². The fraction of sp³-hybridized carbons (Fsp3) is 0.381. The molecule has 1 aliphatic heterocycles. The quantitative estimate of drug-likeness (QED) is 0.322. The lowest BCUT2D eigenvalue weighted by molar-refractivity contribution is 0.140. The topological polar surface area (TPSA) is 54.9 Å². The molecule has 2 aromatic carbocycles. The highest BCUT2D eigenvalue weighted by Gasteiger charge is 2.20. The molecule has 2 N–H and O–H groups in total. The lowest BCUT2D eigenvalue weighted by Gasteiger charge is -2.18. The van der Waals surface area contributed by atoms with Crippen molar-refractivity contribution in [3.8, 4) is 5.75 Å². The minimum atomic E-state index is -1.45. The van der Waals surface area contributed by atoms with Crippen LogP contribution in [0.25, 0.3) is 0 Å². The Hall–Kier alpha value is -2.81. The zero-order chi connectivity index (χ0) is 21.7. The van der Waals surface area contributed by atoms with Gasteiger partial charge < -0.3 is 20.1 Å². The van der Waals surface area contributed by atoms with Crippen LogP contribution in [-0.4, -0.2) is 32.3 Å². The smallest absolute Gasteiger partial charge is 0.191 e. The van der Waals surface area contributed by atoms with E-state index in [1.807, 2.05) is 25.1 Å². The van der Waals surface area contributed by atoms with Gasteiger partial charge in [0.1, 0.15) is 11.9 Å². The summed E-state index contributed by atoms with van der Waals surface area (Å²) in [6.45, 7) is 2.98. The number of guanidine groups is 1. The van der Waals surface area contributed by atoms with Crippen molar-refractivity contribution in [2.45, 2.75) is 32.5 Å². The summed E-state index contributed by atoms with van der Waals surface area (Å²) >= 11 is 0. The summed E-state index contributed by atoms with van der Waals surface area (Å²) in [5, 5.41) is 5.66. The first-order valence-corrected chi connectivity index (χ1v) is 9.49. The number of aryl methyl sites for hydroxylation is 1. The number of aliphatic imine (C=N–C) groups is 1. The molecular weight excluding hydrogens is 402 g/mol. The van der Waals surface area contributed by atoms with Crippen LogP contribution in [0.3, 0.4) is 0 Å². The van der Waals surface area contributed by atoms with E-state index in [1.165, 1.54) is 7.05 Å². The molecule has 1 unspecified atom stereocenters. The molecule has 0 saturated carbocycles. The van der Waals surface area contributed by atoms with Gasteiger partial charge in [-0.3, -0.25) is 4.99 Å². The summed E-state index contributed by atoms with van der Waals surface area (Å²) in [7, 11) is 1.47. The zero-order valence-electron chi connectivity index (χ0n) is 16.7. The summed E-state index contributed by atoms with van der Waals surface area (Å²) in [4.78, 5) is 3.97.